The molecule has 7 nitrogen and oxygen atoms in total. The highest BCUT2D eigenvalue weighted by atomic mass is 16.6. The maximum Gasteiger partial charge on any atom is 0.372 e. The number of anilines is 1. The lowest BCUT2D eigenvalue weighted by molar-refractivity contribution is -0.385. The molecule has 7 heteroatoms. The molecule has 1 saturated carbocycles. The SMILES string of the molecule is CCCc1nc(NC2CCCCC2)c([N+](=O)[O-])c(OCC)n1. The van der Waals surface area contributed by atoms with Gasteiger partial charge in [-0.1, -0.05) is 26.2 Å². The number of ether oxygens (including phenoxy) is 1. The molecule has 1 N–H and O–H groups in total. The van der Waals surface area contributed by atoms with E-state index in [0.29, 0.717) is 24.7 Å². The van der Waals surface area contributed by atoms with Crippen LogP contribution in [0.3, 0.4) is 0 Å². The highest BCUT2D eigenvalue weighted by Crippen LogP contribution is 2.34. The molecule has 0 aliphatic heterocycles. The second-order valence-corrected chi connectivity index (χ2v) is 5.56. The molecular formula is C15H24N4O3. The van der Waals surface area contributed by atoms with Crippen LogP contribution in [-0.4, -0.2) is 27.5 Å². The van der Waals surface area contributed by atoms with Gasteiger partial charge in [-0.3, -0.25) is 10.1 Å². The van der Waals surface area contributed by atoms with Crippen LogP contribution < -0.4 is 10.1 Å². The van der Waals surface area contributed by atoms with Gasteiger partial charge in [-0.2, -0.15) is 4.98 Å². The van der Waals surface area contributed by atoms with Crippen LogP contribution in [0.25, 0.3) is 0 Å². The number of nitrogens with one attached hydrogen (secondary N) is 1. The Kier molecular flexibility index (Phi) is 5.91. The summed E-state index contributed by atoms with van der Waals surface area (Å²) in [5, 5.41) is 14.7. The minimum Gasteiger partial charge on any atom is -0.473 e. The Balaban J connectivity index is 2.35. The predicted octanol–water partition coefficient (Wildman–Crippen LogP) is 3.48. The van der Waals surface area contributed by atoms with Crippen molar-refractivity contribution >= 4 is 11.5 Å². The monoisotopic (exact) mass is 308 g/mol. The van der Waals surface area contributed by atoms with Crippen LogP contribution >= 0.6 is 0 Å². The van der Waals surface area contributed by atoms with E-state index in [4.69, 9.17) is 4.74 Å². The fourth-order valence-electron chi connectivity index (χ4n) is 2.76. The summed E-state index contributed by atoms with van der Waals surface area (Å²) in [6.45, 7) is 4.16. The first-order valence-corrected chi connectivity index (χ1v) is 8.10. The molecular weight excluding hydrogens is 284 g/mol. The van der Waals surface area contributed by atoms with E-state index in [9.17, 15) is 10.1 Å². The van der Waals surface area contributed by atoms with Crippen molar-refractivity contribution in [2.75, 3.05) is 11.9 Å². The summed E-state index contributed by atoms with van der Waals surface area (Å²) in [5.41, 5.74) is -0.146. The molecule has 1 aliphatic rings. The third-order valence-corrected chi connectivity index (χ3v) is 3.78. The van der Waals surface area contributed by atoms with Crippen LogP contribution in [0.5, 0.6) is 5.88 Å². The molecule has 1 aromatic heterocycles. The Morgan fingerprint density at radius 1 is 1.27 bits per heavy atom. The second-order valence-electron chi connectivity index (χ2n) is 5.56. The van der Waals surface area contributed by atoms with Crippen molar-refractivity contribution in [3.8, 4) is 5.88 Å². The van der Waals surface area contributed by atoms with Gasteiger partial charge in [0, 0.05) is 12.5 Å². The van der Waals surface area contributed by atoms with Crippen LogP contribution in [0.2, 0.25) is 0 Å². The van der Waals surface area contributed by atoms with Gasteiger partial charge in [-0.25, -0.2) is 4.98 Å². The molecule has 22 heavy (non-hydrogen) atoms. The fourth-order valence-corrected chi connectivity index (χ4v) is 2.76. The molecule has 1 aromatic rings. The zero-order valence-corrected chi connectivity index (χ0v) is 13.3. The van der Waals surface area contributed by atoms with E-state index in [-0.39, 0.29) is 17.6 Å². The van der Waals surface area contributed by atoms with Crippen molar-refractivity contribution in [3.05, 3.63) is 15.9 Å². The van der Waals surface area contributed by atoms with Crippen molar-refractivity contribution in [1.29, 1.82) is 0 Å². The van der Waals surface area contributed by atoms with Gasteiger partial charge < -0.3 is 10.1 Å². The van der Waals surface area contributed by atoms with Gasteiger partial charge >= 0.3 is 5.69 Å². The summed E-state index contributed by atoms with van der Waals surface area (Å²) >= 11 is 0. The van der Waals surface area contributed by atoms with E-state index in [1.54, 1.807) is 6.92 Å². The van der Waals surface area contributed by atoms with E-state index >= 15 is 0 Å². The number of hydrogen-bond donors (Lipinski definition) is 1. The zero-order valence-electron chi connectivity index (χ0n) is 13.3. The molecule has 0 bridgehead atoms. The van der Waals surface area contributed by atoms with Crippen molar-refractivity contribution < 1.29 is 9.66 Å². The molecule has 2 rings (SSSR count). The maximum atomic E-state index is 11.4. The minimum absolute atomic E-state index is 0.0734. The number of hydrogen-bond acceptors (Lipinski definition) is 6. The number of aromatic nitrogens is 2. The first-order chi connectivity index (χ1) is 10.7. The first kappa shape index (κ1) is 16.5. The average Bonchev–Trinajstić information content (AvgIpc) is 2.48. The third-order valence-electron chi connectivity index (χ3n) is 3.78. The van der Waals surface area contributed by atoms with Gasteiger partial charge in [0.05, 0.1) is 11.5 Å². The summed E-state index contributed by atoms with van der Waals surface area (Å²) in [7, 11) is 0. The predicted molar refractivity (Wildman–Crippen MR) is 84.3 cm³/mol. The van der Waals surface area contributed by atoms with Crippen LogP contribution in [0, 0.1) is 10.1 Å². The molecule has 0 spiro atoms. The summed E-state index contributed by atoms with van der Waals surface area (Å²) in [6, 6.07) is 0.242. The van der Waals surface area contributed by atoms with Gasteiger partial charge in [0.2, 0.25) is 5.82 Å². The zero-order chi connectivity index (χ0) is 15.9. The van der Waals surface area contributed by atoms with Crippen molar-refractivity contribution in [2.45, 2.75) is 64.8 Å². The highest BCUT2D eigenvalue weighted by Gasteiger charge is 2.28. The Labute approximate surface area is 130 Å². The van der Waals surface area contributed by atoms with E-state index < -0.39 is 4.92 Å². The minimum atomic E-state index is -0.453. The molecule has 1 fully saturated rings. The number of aryl methyl sites for hydroxylation is 1. The Morgan fingerprint density at radius 3 is 2.59 bits per heavy atom. The Hall–Kier alpha value is -1.92. The maximum absolute atomic E-state index is 11.4. The van der Waals surface area contributed by atoms with Crippen LogP contribution in [0.15, 0.2) is 0 Å². The Bertz CT molecular complexity index is 516. The van der Waals surface area contributed by atoms with Gasteiger partial charge in [0.25, 0.3) is 5.88 Å². The van der Waals surface area contributed by atoms with E-state index in [1.165, 1.54) is 6.42 Å². The van der Waals surface area contributed by atoms with Gasteiger partial charge in [0.15, 0.2) is 0 Å². The highest BCUT2D eigenvalue weighted by molar-refractivity contribution is 5.62. The van der Waals surface area contributed by atoms with Gasteiger partial charge in [0.1, 0.15) is 5.82 Å². The van der Waals surface area contributed by atoms with Crippen LogP contribution in [0.4, 0.5) is 11.5 Å². The molecule has 0 saturated heterocycles. The first-order valence-electron chi connectivity index (χ1n) is 8.10. The molecule has 0 aromatic carbocycles. The van der Waals surface area contributed by atoms with Crippen molar-refractivity contribution in [2.24, 2.45) is 0 Å². The molecule has 1 heterocycles. The van der Waals surface area contributed by atoms with E-state index in [0.717, 1.165) is 32.1 Å². The van der Waals surface area contributed by atoms with Crippen LogP contribution in [-0.2, 0) is 6.42 Å². The van der Waals surface area contributed by atoms with Crippen LogP contribution in [0.1, 0.15) is 58.2 Å². The van der Waals surface area contributed by atoms with Crippen molar-refractivity contribution in [3.63, 3.8) is 0 Å². The lowest BCUT2D eigenvalue weighted by Gasteiger charge is -2.23. The topological polar surface area (TPSA) is 90.2 Å². The summed E-state index contributed by atoms with van der Waals surface area (Å²) in [4.78, 5) is 19.6. The third kappa shape index (κ3) is 4.05. The fraction of sp³-hybridized carbons (Fsp3) is 0.733. The number of nitro groups is 1. The molecule has 122 valence electrons. The van der Waals surface area contributed by atoms with E-state index in [1.807, 2.05) is 6.92 Å². The number of nitrogens with zero attached hydrogens (tertiary/aromatic N) is 3. The quantitative estimate of drug-likeness (QED) is 0.612. The summed E-state index contributed by atoms with van der Waals surface area (Å²) in [6.07, 6.45) is 7.13. The number of rotatable bonds is 7. The van der Waals surface area contributed by atoms with Crippen molar-refractivity contribution in [1.82, 2.24) is 9.97 Å². The standard InChI is InChI=1S/C15H24N4O3/c1-3-8-12-17-14(16-11-9-6-5-7-10-11)13(19(20)21)15(18-12)22-4-2/h11H,3-10H2,1-2H3,(H,16,17,18). The normalized spacial score (nSPS) is 15.5. The summed E-state index contributed by atoms with van der Waals surface area (Å²) in [5.74, 6) is 0.970. The molecule has 0 radical (unpaired) electrons. The molecule has 1 aliphatic carbocycles. The summed E-state index contributed by atoms with van der Waals surface area (Å²) < 4.78 is 5.38. The van der Waals surface area contributed by atoms with Gasteiger partial charge in [-0.15, -0.1) is 0 Å². The largest absolute Gasteiger partial charge is 0.473 e. The lowest BCUT2D eigenvalue weighted by Crippen LogP contribution is -2.24. The molecule has 0 amide bonds. The van der Waals surface area contributed by atoms with E-state index in [2.05, 4.69) is 15.3 Å². The smallest absolute Gasteiger partial charge is 0.372 e. The average molecular weight is 308 g/mol. The Morgan fingerprint density at radius 2 is 2.00 bits per heavy atom. The van der Waals surface area contributed by atoms with Gasteiger partial charge in [-0.05, 0) is 26.2 Å². The lowest BCUT2D eigenvalue weighted by atomic mass is 9.95. The second kappa shape index (κ2) is 7.91. The molecule has 0 unspecified atom stereocenters. The molecule has 0 atom stereocenters.